The smallest absolute Gasteiger partial charge is 0.330 e. The zero-order valence-electron chi connectivity index (χ0n) is 11.9. The molecule has 2 N–H and O–H groups in total. The van der Waals surface area contributed by atoms with Crippen LogP contribution in [0.2, 0.25) is 0 Å². The fourth-order valence-corrected chi connectivity index (χ4v) is 2.00. The fraction of sp³-hybridized carbons (Fsp3) is 0.214. The van der Waals surface area contributed by atoms with Crippen molar-refractivity contribution >= 4 is 11.5 Å². The van der Waals surface area contributed by atoms with Gasteiger partial charge in [0.2, 0.25) is 5.78 Å². The Morgan fingerprint density at radius 2 is 1.86 bits per heavy atom. The Hall–Kier alpha value is -2.83. The number of carbonyl (C=O) groups is 1. The zero-order chi connectivity index (χ0) is 15.7. The van der Waals surface area contributed by atoms with Crippen molar-refractivity contribution in [3.8, 4) is 5.75 Å². The van der Waals surface area contributed by atoms with E-state index in [0.717, 1.165) is 4.57 Å². The van der Waals surface area contributed by atoms with Gasteiger partial charge < -0.3 is 15.0 Å². The van der Waals surface area contributed by atoms with E-state index in [4.69, 9.17) is 10.5 Å². The molecule has 0 aliphatic carbocycles. The van der Waals surface area contributed by atoms with Gasteiger partial charge in [0, 0.05) is 32.0 Å². The Morgan fingerprint density at radius 3 is 2.48 bits per heavy atom. The maximum atomic E-state index is 12.5. The van der Waals surface area contributed by atoms with Crippen LogP contribution >= 0.6 is 0 Å². The third-order valence-corrected chi connectivity index (χ3v) is 3.16. The van der Waals surface area contributed by atoms with Crippen LogP contribution in [0.4, 0.5) is 5.69 Å². The van der Waals surface area contributed by atoms with E-state index in [2.05, 4.69) is 0 Å². The Labute approximate surface area is 120 Å². The van der Waals surface area contributed by atoms with Crippen molar-refractivity contribution in [2.24, 2.45) is 14.1 Å². The molecule has 0 bridgehead atoms. The zero-order valence-corrected chi connectivity index (χ0v) is 11.9. The van der Waals surface area contributed by atoms with E-state index >= 15 is 0 Å². The molecule has 0 radical (unpaired) electrons. The minimum atomic E-state index is -0.651. The second-order valence-electron chi connectivity index (χ2n) is 4.59. The molecule has 0 spiro atoms. The van der Waals surface area contributed by atoms with Gasteiger partial charge in [0.25, 0.3) is 5.56 Å². The average Bonchev–Trinajstić information content (AvgIpc) is 2.48. The third-order valence-electron chi connectivity index (χ3n) is 3.16. The topological polar surface area (TPSA) is 96.3 Å². The maximum Gasteiger partial charge on any atom is 0.330 e. The molecule has 0 aliphatic heterocycles. The van der Waals surface area contributed by atoms with Gasteiger partial charge in [-0.05, 0) is 12.1 Å². The summed E-state index contributed by atoms with van der Waals surface area (Å²) < 4.78 is 7.18. The van der Waals surface area contributed by atoms with Crippen LogP contribution < -0.4 is 21.7 Å². The quantitative estimate of drug-likeness (QED) is 0.629. The number of anilines is 1. The van der Waals surface area contributed by atoms with E-state index in [1.54, 1.807) is 6.07 Å². The number of aromatic nitrogens is 2. The average molecular weight is 289 g/mol. The summed E-state index contributed by atoms with van der Waals surface area (Å²) in [6.07, 6.45) is 1.22. The van der Waals surface area contributed by atoms with Gasteiger partial charge in [-0.1, -0.05) is 0 Å². The second kappa shape index (κ2) is 5.28. The summed E-state index contributed by atoms with van der Waals surface area (Å²) in [5, 5.41) is 0. The molecule has 1 aromatic carbocycles. The molecule has 21 heavy (non-hydrogen) atoms. The second-order valence-corrected chi connectivity index (χ2v) is 4.59. The van der Waals surface area contributed by atoms with Crippen LogP contribution in [0.25, 0.3) is 0 Å². The van der Waals surface area contributed by atoms with Crippen molar-refractivity contribution in [1.82, 2.24) is 9.13 Å². The Balaban J connectivity index is 2.67. The van der Waals surface area contributed by atoms with Gasteiger partial charge in [0.1, 0.15) is 11.3 Å². The number of aryl methyl sites for hydroxylation is 1. The number of hydrogen-bond donors (Lipinski definition) is 1. The largest absolute Gasteiger partial charge is 0.496 e. The van der Waals surface area contributed by atoms with Gasteiger partial charge in [-0.15, -0.1) is 0 Å². The molecule has 0 fully saturated rings. The number of nitrogens with zero attached hydrogens (tertiary/aromatic N) is 2. The van der Waals surface area contributed by atoms with Gasteiger partial charge >= 0.3 is 5.69 Å². The molecular formula is C14H15N3O4. The SMILES string of the molecule is COc1cc(N)ccc1C(=O)c1cn(C)c(=O)n(C)c1=O. The summed E-state index contributed by atoms with van der Waals surface area (Å²) in [7, 11) is 4.20. The predicted octanol–water partition coefficient (Wildman–Crippen LogP) is -0.0942. The third kappa shape index (κ3) is 2.45. The van der Waals surface area contributed by atoms with Crippen LogP contribution in [-0.4, -0.2) is 22.0 Å². The van der Waals surface area contributed by atoms with Crippen LogP contribution in [0.1, 0.15) is 15.9 Å². The number of ketones is 1. The highest BCUT2D eigenvalue weighted by atomic mass is 16.5. The lowest BCUT2D eigenvalue weighted by atomic mass is 10.0. The molecule has 0 saturated heterocycles. The van der Waals surface area contributed by atoms with Crippen molar-refractivity contribution < 1.29 is 9.53 Å². The molecule has 1 heterocycles. The lowest BCUT2D eigenvalue weighted by molar-refractivity contribution is 0.103. The molecule has 2 aromatic rings. The van der Waals surface area contributed by atoms with Crippen LogP contribution in [-0.2, 0) is 14.1 Å². The number of benzene rings is 1. The van der Waals surface area contributed by atoms with Gasteiger partial charge in [0.15, 0.2) is 0 Å². The molecule has 0 amide bonds. The Morgan fingerprint density at radius 1 is 1.19 bits per heavy atom. The lowest BCUT2D eigenvalue weighted by Crippen LogP contribution is -2.39. The molecule has 0 atom stereocenters. The van der Waals surface area contributed by atoms with Crippen LogP contribution in [0.5, 0.6) is 5.75 Å². The highest BCUT2D eigenvalue weighted by molar-refractivity contribution is 6.10. The number of methoxy groups -OCH3 is 1. The summed E-state index contributed by atoms with van der Waals surface area (Å²) in [6.45, 7) is 0. The van der Waals surface area contributed by atoms with E-state index in [1.807, 2.05) is 0 Å². The molecule has 2 rings (SSSR count). The molecule has 7 heteroatoms. The summed E-state index contributed by atoms with van der Waals surface area (Å²) in [6, 6.07) is 4.53. The molecule has 0 saturated carbocycles. The van der Waals surface area contributed by atoms with E-state index < -0.39 is 17.0 Å². The van der Waals surface area contributed by atoms with Crippen molar-refractivity contribution in [3.05, 3.63) is 56.4 Å². The molecule has 110 valence electrons. The molecule has 0 aliphatic rings. The van der Waals surface area contributed by atoms with Crippen LogP contribution in [0.15, 0.2) is 34.0 Å². The first kappa shape index (κ1) is 14.6. The van der Waals surface area contributed by atoms with Crippen LogP contribution in [0.3, 0.4) is 0 Å². The molecule has 7 nitrogen and oxygen atoms in total. The first-order chi connectivity index (χ1) is 9.86. The summed E-state index contributed by atoms with van der Waals surface area (Å²) in [5.74, 6) is -0.251. The number of nitrogens with two attached hydrogens (primary N) is 1. The standard InChI is InChI=1S/C14H15N3O4/c1-16-7-10(13(19)17(2)14(16)20)12(18)9-5-4-8(15)6-11(9)21-3/h4-7H,15H2,1-3H3. The first-order valence-electron chi connectivity index (χ1n) is 6.11. The van der Waals surface area contributed by atoms with E-state index in [1.165, 1.54) is 44.1 Å². The van der Waals surface area contributed by atoms with E-state index in [0.29, 0.717) is 5.69 Å². The number of rotatable bonds is 3. The van der Waals surface area contributed by atoms with Crippen molar-refractivity contribution in [3.63, 3.8) is 0 Å². The van der Waals surface area contributed by atoms with E-state index in [9.17, 15) is 14.4 Å². The van der Waals surface area contributed by atoms with Crippen molar-refractivity contribution in [1.29, 1.82) is 0 Å². The first-order valence-corrected chi connectivity index (χ1v) is 6.11. The normalized spacial score (nSPS) is 10.4. The van der Waals surface area contributed by atoms with Gasteiger partial charge in [-0.3, -0.25) is 14.2 Å². The lowest BCUT2D eigenvalue weighted by Gasteiger charge is -2.10. The minimum absolute atomic E-state index is 0.109. The molecular weight excluding hydrogens is 274 g/mol. The van der Waals surface area contributed by atoms with Gasteiger partial charge in [-0.25, -0.2) is 4.79 Å². The van der Waals surface area contributed by atoms with Crippen molar-refractivity contribution in [2.45, 2.75) is 0 Å². The molecule has 0 unspecified atom stereocenters. The predicted molar refractivity (Wildman–Crippen MR) is 77.8 cm³/mol. The number of carbonyl (C=O) groups excluding carboxylic acids is 1. The van der Waals surface area contributed by atoms with Crippen molar-refractivity contribution in [2.75, 3.05) is 12.8 Å². The number of hydrogen-bond acceptors (Lipinski definition) is 5. The van der Waals surface area contributed by atoms with Crippen LogP contribution in [0, 0.1) is 0 Å². The van der Waals surface area contributed by atoms with E-state index in [-0.39, 0.29) is 16.9 Å². The number of ether oxygens (including phenoxy) is 1. The highest BCUT2D eigenvalue weighted by Crippen LogP contribution is 2.23. The summed E-state index contributed by atoms with van der Waals surface area (Å²) in [4.78, 5) is 36.3. The highest BCUT2D eigenvalue weighted by Gasteiger charge is 2.20. The Kier molecular flexibility index (Phi) is 3.66. The maximum absolute atomic E-state index is 12.5. The fourth-order valence-electron chi connectivity index (χ4n) is 2.00. The monoisotopic (exact) mass is 289 g/mol. The number of nitrogen functional groups attached to an aromatic ring is 1. The summed E-state index contributed by atoms with van der Waals surface area (Å²) in [5.41, 5.74) is 5.03. The summed E-state index contributed by atoms with van der Waals surface area (Å²) >= 11 is 0. The van der Waals surface area contributed by atoms with Gasteiger partial charge in [-0.2, -0.15) is 0 Å². The van der Waals surface area contributed by atoms with Gasteiger partial charge in [0.05, 0.1) is 12.7 Å². The minimum Gasteiger partial charge on any atom is -0.496 e. The molecule has 1 aromatic heterocycles. The Bertz CT molecular complexity index is 833.